The van der Waals surface area contributed by atoms with E-state index in [0.29, 0.717) is 18.9 Å². The molecule has 0 amide bonds. The molecule has 5 rings (SSSR count). The van der Waals surface area contributed by atoms with Crippen molar-refractivity contribution in [2.24, 2.45) is 0 Å². The van der Waals surface area contributed by atoms with Gasteiger partial charge >= 0.3 is 0 Å². The second kappa shape index (κ2) is 7.85. The maximum absolute atomic E-state index is 6.40. The molecule has 0 spiro atoms. The summed E-state index contributed by atoms with van der Waals surface area (Å²) in [6.45, 7) is 6.79. The van der Waals surface area contributed by atoms with Crippen LogP contribution in [-0.2, 0) is 4.74 Å². The second-order valence-electron chi connectivity index (χ2n) is 7.51. The number of aromatic nitrogens is 2. The number of nitrogen functional groups attached to an aromatic ring is 1. The lowest BCUT2D eigenvalue weighted by molar-refractivity contribution is 0.122. The Morgan fingerprint density at radius 1 is 0.862 bits per heavy atom. The fraction of sp³-hybridized carbons (Fsp3) is 0.364. The van der Waals surface area contributed by atoms with Crippen molar-refractivity contribution in [3.05, 3.63) is 42.5 Å². The van der Waals surface area contributed by atoms with Crippen molar-refractivity contribution in [3.8, 4) is 11.1 Å². The molecule has 0 radical (unpaired) electrons. The molecule has 7 heteroatoms. The fourth-order valence-corrected chi connectivity index (χ4v) is 4.08. The van der Waals surface area contributed by atoms with Crippen LogP contribution in [-0.4, -0.2) is 62.5 Å². The molecule has 2 aliphatic heterocycles. The highest BCUT2D eigenvalue weighted by Gasteiger charge is 2.21. The van der Waals surface area contributed by atoms with Crippen LogP contribution in [0.15, 0.2) is 42.5 Å². The molecule has 1 aromatic carbocycles. The van der Waals surface area contributed by atoms with Crippen LogP contribution in [0, 0.1) is 0 Å². The lowest BCUT2D eigenvalue weighted by Crippen LogP contribution is -2.44. The maximum Gasteiger partial charge on any atom is 0.164 e. The third kappa shape index (κ3) is 3.59. The number of nitrogens with two attached hydrogens (primary N) is 1. The van der Waals surface area contributed by atoms with E-state index in [1.165, 1.54) is 0 Å². The molecular weight excluding hydrogens is 364 g/mol. The molecule has 0 saturated carbocycles. The Morgan fingerprint density at radius 3 is 2.31 bits per heavy atom. The van der Waals surface area contributed by atoms with E-state index in [9.17, 15) is 0 Å². The van der Waals surface area contributed by atoms with E-state index in [2.05, 4.69) is 45.4 Å². The SMILES string of the molecule is Nc1cc2cc(-c3ccccc3)c(N3CCNCC3)nc2nc1N1CCOCC1. The predicted octanol–water partition coefficient (Wildman–Crippen LogP) is 2.13. The van der Waals surface area contributed by atoms with Gasteiger partial charge in [-0.2, -0.15) is 0 Å². The molecule has 0 atom stereocenters. The molecule has 150 valence electrons. The first kappa shape index (κ1) is 18.1. The highest BCUT2D eigenvalue weighted by Crippen LogP contribution is 2.34. The summed E-state index contributed by atoms with van der Waals surface area (Å²) in [4.78, 5) is 14.5. The number of nitrogens with one attached hydrogen (secondary N) is 1. The first-order chi connectivity index (χ1) is 14.3. The number of benzene rings is 1. The number of rotatable bonds is 3. The molecule has 0 unspecified atom stereocenters. The average molecular weight is 390 g/mol. The van der Waals surface area contributed by atoms with Crippen LogP contribution in [0.3, 0.4) is 0 Å². The van der Waals surface area contributed by atoms with Gasteiger partial charge in [-0.05, 0) is 17.7 Å². The quantitative estimate of drug-likeness (QED) is 0.709. The normalized spacial score (nSPS) is 17.7. The first-order valence-electron chi connectivity index (χ1n) is 10.2. The Kier molecular flexibility index (Phi) is 4.91. The zero-order valence-electron chi connectivity index (χ0n) is 16.5. The second-order valence-corrected chi connectivity index (χ2v) is 7.51. The van der Waals surface area contributed by atoms with Gasteiger partial charge < -0.3 is 25.6 Å². The van der Waals surface area contributed by atoms with E-state index in [-0.39, 0.29) is 0 Å². The summed E-state index contributed by atoms with van der Waals surface area (Å²) in [5, 5.41) is 4.39. The van der Waals surface area contributed by atoms with Crippen molar-refractivity contribution in [2.45, 2.75) is 0 Å². The predicted molar refractivity (Wildman–Crippen MR) is 118 cm³/mol. The van der Waals surface area contributed by atoms with Gasteiger partial charge in [0.1, 0.15) is 5.82 Å². The lowest BCUT2D eigenvalue weighted by Gasteiger charge is -2.31. The van der Waals surface area contributed by atoms with Crippen LogP contribution in [0.1, 0.15) is 0 Å². The minimum absolute atomic E-state index is 0.690. The van der Waals surface area contributed by atoms with Crippen molar-refractivity contribution in [1.82, 2.24) is 15.3 Å². The van der Waals surface area contributed by atoms with E-state index in [4.69, 9.17) is 20.4 Å². The third-order valence-electron chi connectivity index (χ3n) is 5.60. The molecule has 0 bridgehead atoms. The van der Waals surface area contributed by atoms with E-state index >= 15 is 0 Å². The van der Waals surface area contributed by atoms with Crippen LogP contribution in [0.25, 0.3) is 22.2 Å². The molecule has 4 heterocycles. The highest BCUT2D eigenvalue weighted by molar-refractivity contribution is 5.91. The monoisotopic (exact) mass is 390 g/mol. The lowest BCUT2D eigenvalue weighted by atomic mass is 10.0. The van der Waals surface area contributed by atoms with E-state index < -0.39 is 0 Å². The average Bonchev–Trinajstić information content (AvgIpc) is 2.79. The maximum atomic E-state index is 6.40. The Hall–Kier alpha value is -2.90. The van der Waals surface area contributed by atoms with Crippen molar-refractivity contribution in [3.63, 3.8) is 0 Å². The number of hydrogen-bond donors (Lipinski definition) is 2. The summed E-state index contributed by atoms with van der Waals surface area (Å²) >= 11 is 0. The topological polar surface area (TPSA) is 79.5 Å². The van der Waals surface area contributed by atoms with Crippen molar-refractivity contribution >= 4 is 28.4 Å². The van der Waals surface area contributed by atoms with Gasteiger partial charge in [-0.3, -0.25) is 0 Å². The number of hydrogen-bond acceptors (Lipinski definition) is 7. The number of anilines is 3. The van der Waals surface area contributed by atoms with E-state index in [1.54, 1.807) is 0 Å². The van der Waals surface area contributed by atoms with E-state index in [1.807, 2.05) is 12.1 Å². The van der Waals surface area contributed by atoms with Gasteiger partial charge in [0, 0.05) is 50.2 Å². The largest absolute Gasteiger partial charge is 0.396 e. The van der Waals surface area contributed by atoms with Crippen molar-refractivity contribution < 1.29 is 4.74 Å². The van der Waals surface area contributed by atoms with Gasteiger partial charge in [-0.25, -0.2) is 9.97 Å². The van der Waals surface area contributed by atoms with Crippen LogP contribution in [0.5, 0.6) is 0 Å². The number of piperazine rings is 1. The molecule has 3 aromatic rings. The smallest absolute Gasteiger partial charge is 0.164 e. The summed E-state index contributed by atoms with van der Waals surface area (Å²) in [6, 6.07) is 14.6. The summed E-state index contributed by atoms with van der Waals surface area (Å²) in [6.07, 6.45) is 0. The Morgan fingerprint density at radius 2 is 1.55 bits per heavy atom. The summed E-state index contributed by atoms with van der Waals surface area (Å²) in [7, 11) is 0. The summed E-state index contributed by atoms with van der Waals surface area (Å²) in [5.74, 6) is 1.81. The van der Waals surface area contributed by atoms with Gasteiger partial charge in [-0.15, -0.1) is 0 Å². The number of nitrogens with zero attached hydrogens (tertiary/aromatic N) is 4. The molecule has 2 aromatic heterocycles. The van der Waals surface area contributed by atoms with Gasteiger partial charge in [-0.1, -0.05) is 30.3 Å². The molecule has 0 aliphatic carbocycles. The van der Waals surface area contributed by atoms with Crippen molar-refractivity contribution in [2.75, 3.05) is 68.0 Å². The van der Waals surface area contributed by atoms with Crippen LogP contribution < -0.4 is 20.9 Å². The Bertz CT molecular complexity index is 997. The molecule has 2 saturated heterocycles. The minimum atomic E-state index is 0.690. The number of fused-ring (bicyclic) bond motifs is 1. The number of ether oxygens (including phenoxy) is 1. The molecule has 7 nitrogen and oxygen atoms in total. The zero-order chi connectivity index (χ0) is 19.6. The van der Waals surface area contributed by atoms with Gasteiger partial charge in [0.05, 0.1) is 18.9 Å². The fourth-order valence-electron chi connectivity index (χ4n) is 4.08. The molecule has 2 aliphatic rings. The molecular formula is C22H26N6O. The molecule has 3 N–H and O–H groups in total. The van der Waals surface area contributed by atoms with Crippen LogP contribution in [0.2, 0.25) is 0 Å². The summed E-state index contributed by atoms with van der Waals surface area (Å²) in [5.41, 5.74) is 10.1. The molecule has 2 fully saturated rings. The number of pyridine rings is 2. The number of morpholine rings is 1. The standard InChI is InChI=1S/C22H26N6O/c23-19-15-17-14-18(16-4-2-1-3-5-16)21(27-8-6-24-7-9-27)25-20(17)26-22(19)28-10-12-29-13-11-28/h1-5,14-15,24H,6-13,23H2. The van der Waals surface area contributed by atoms with Gasteiger partial charge in [0.25, 0.3) is 0 Å². The minimum Gasteiger partial charge on any atom is -0.396 e. The van der Waals surface area contributed by atoms with Crippen LogP contribution in [0.4, 0.5) is 17.3 Å². The van der Waals surface area contributed by atoms with Crippen LogP contribution >= 0.6 is 0 Å². The molecule has 29 heavy (non-hydrogen) atoms. The first-order valence-corrected chi connectivity index (χ1v) is 10.2. The van der Waals surface area contributed by atoms with E-state index in [0.717, 1.165) is 73.1 Å². The third-order valence-corrected chi connectivity index (χ3v) is 5.60. The summed E-state index contributed by atoms with van der Waals surface area (Å²) < 4.78 is 5.47. The van der Waals surface area contributed by atoms with Gasteiger partial charge in [0.15, 0.2) is 11.5 Å². The van der Waals surface area contributed by atoms with Gasteiger partial charge in [0.2, 0.25) is 0 Å². The Labute approximate surface area is 170 Å². The Balaban J connectivity index is 1.65. The zero-order valence-corrected chi connectivity index (χ0v) is 16.5. The highest BCUT2D eigenvalue weighted by atomic mass is 16.5. The van der Waals surface area contributed by atoms with Crippen molar-refractivity contribution in [1.29, 1.82) is 0 Å².